The fourth-order valence-corrected chi connectivity index (χ4v) is 3.61. The van der Waals surface area contributed by atoms with E-state index in [1.165, 1.54) is 32.2 Å². The van der Waals surface area contributed by atoms with Gasteiger partial charge in [0.1, 0.15) is 0 Å². The molecule has 166 valence electrons. The highest BCUT2D eigenvalue weighted by atomic mass is 127. The molecule has 1 aliphatic rings. The van der Waals surface area contributed by atoms with Crippen molar-refractivity contribution in [1.82, 2.24) is 15.5 Å². The van der Waals surface area contributed by atoms with Gasteiger partial charge in [-0.1, -0.05) is 43.7 Å². The minimum absolute atomic E-state index is 0. The van der Waals surface area contributed by atoms with Gasteiger partial charge in [-0.05, 0) is 38.3 Å². The van der Waals surface area contributed by atoms with Crippen LogP contribution in [0.15, 0.2) is 35.3 Å². The van der Waals surface area contributed by atoms with Crippen molar-refractivity contribution in [3.8, 4) is 0 Å². The van der Waals surface area contributed by atoms with Gasteiger partial charge >= 0.3 is 0 Å². The number of rotatable bonds is 11. The molecule has 1 aromatic carbocycles. The van der Waals surface area contributed by atoms with Gasteiger partial charge in [0.2, 0.25) is 0 Å². The van der Waals surface area contributed by atoms with E-state index >= 15 is 0 Å². The zero-order chi connectivity index (χ0) is 20.0. The van der Waals surface area contributed by atoms with Crippen LogP contribution in [0.2, 0.25) is 0 Å². The summed E-state index contributed by atoms with van der Waals surface area (Å²) in [6.07, 6.45) is 4.60. The van der Waals surface area contributed by atoms with Gasteiger partial charge in [-0.3, -0.25) is 9.89 Å². The van der Waals surface area contributed by atoms with Crippen molar-refractivity contribution in [1.29, 1.82) is 0 Å². The molecule has 0 saturated carbocycles. The SMILES string of the molecule is CCNC(=NCC(O)COCc1ccccc1)NCCN1CCCCC1CC.I. The normalized spacial score (nSPS) is 18.7. The Morgan fingerprint density at radius 1 is 1.24 bits per heavy atom. The van der Waals surface area contributed by atoms with Gasteiger partial charge < -0.3 is 20.5 Å². The maximum absolute atomic E-state index is 10.1. The van der Waals surface area contributed by atoms with Crippen LogP contribution in [0.3, 0.4) is 0 Å². The molecule has 2 rings (SSSR count). The molecule has 0 radical (unpaired) electrons. The Labute approximate surface area is 193 Å². The Bertz CT molecular complexity index is 559. The molecule has 0 amide bonds. The third-order valence-electron chi connectivity index (χ3n) is 5.14. The second-order valence-corrected chi connectivity index (χ2v) is 7.39. The van der Waals surface area contributed by atoms with Gasteiger partial charge in [0.15, 0.2) is 5.96 Å². The Morgan fingerprint density at radius 3 is 2.76 bits per heavy atom. The lowest BCUT2D eigenvalue weighted by Gasteiger charge is -2.35. The number of hydrogen-bond donors (Lipinski definition) is 3. The van der Waals surface area contributed by atoms with E-state index in [0.717, 1.165) is 37.2 Å². The number of hydrogen-bond acceptors (Lipinski definition) is 4. The maximum atomic E-state index is 10.1. The Kier molecular flexibility index (Phi) is 14.3. The van der Waals surface area contributed by atoms with E-state index in [1.54, 1.807) is 0 Å². The Hall–Kier alpha value is -0.900. The molecule has 0 spiro atoms. The van der Waals surface area contributed by atoms with Crippen molar-refractivity contribution in [3.63, 3.8) is 0 Å². The van der Waals surface area contributed by atoms with Crippen LogP contribution in [0.1, 0.15) is 45.1 Å². The number of aliphatic hydroxyl groups is 1. The average Bonchev–Trinajstić information content (AvgIpc) is 2.73. The van der Waals surface area contributed by atoms with Crippen molar-refractivity contribution >= 4 is 29.9 Å². The lowest BCUT2D eigenvalue weighted by molar-refractivity contribution is 0.0331. The fourth-order valence-electron chi connectivity index (χ4n) is 3.61. The van der Waals surface area contributed by atoms with Crippen LogP contribution < -0.4 is 10.6 Å². The van der Waals surface area contributed by atoms with Crippen molar-refractivity contribution in [2.75, 3.05) is 39.3 Å². The number of nitrogens with one attached hydrogen (secondary N) is 2. The lowest BCUT2D eigenvalue weighted by atomic mass is 10.0. The summed E-state index contributed by atoms with van der Waals surface area (Å²) in [5.41, 5.74) is 1.11. The standard InChI is InChI=1S/C22H38N4O2.HI/c1-3-20-12-8-9-14-26(20)15-13-24-22(23-4-2)25-16-21(27)18-28-17-19-10-6-5-7-11-19;/h5-7,10-11,20-21,27H,3-4,8-9,12-18H2,1-2H3,(H2,23,24,25);1H. The number of aliphatic imine (C=N–C) groups is 1. The topological polar surface area (TPSA) is 69.1 Å². The number of halogens is 1. The maximum Gasteiger partial charge on any atom is 0.191 e. The number of likely N-dealkylation sites (tertiary alicyclic amines) is 1. The van der Waals surface area contributed by atoms with Crippen molar-refractivity contribution < 1.29 is 9.84 Å². The average molecular weight is 518 g/mol. The van der Waals surface area contributed by atoms with E-state index in [1.807, 2.05) is 37.3 Å². The monoisotopic (exact) mass is 518 g/mol. The molecule has 1 aromatic rings. The predicted octanol–water partition coefficient (Wildman–Crippen LogP) is 3.00. The number of benzene rings is 1. The molecule has 29 heavy (non-hydrogen) atoms. The molecule has 1 heterocycles. The van der Waals surface area contributed by atoms with Gasteiger partial charge in [-0.2, -0.15) is 0 Å². The van der Waals surface area contributed by atoms with Gasteiger partial charge in [0.25, 0.3) is 0 Å². The van der Waals surface area contributed by atoms with Gasteiger partial charge in [-0.25, -0.2) is 0 Å². The van der Waals surface area contributed by atoms with Crippen LogP contribution in [-0.2, 0) is 11.3 Å². The first-order chi connectivity index (χ1) is 13.7. The van der Waals surface area contributed by atoms with E-state index in [9.17, 15) is 5.11 Å². The smallest absolute Gasteiger partial charge is 0.191 e. The highest BCUT2D eigenvalue weighted by Gasteiger charge is 2.19. The first-order valence-corrected chi connectivity index (χ1v) is 10.8. The molecule has 1 aliphatic heterocycles. The summed E-state index contributed by atoms with van der Waals surface area (Å²) < 4.78 is 5.59. The van der Waals surface area contributed by atoms with Crippen LogP contribution in [0.4, 0.5) is 0 Å². The number of aliphatic hydroxyl groups excluding tert-OH is 1. The van der Waals surface area contributed by atoms with E-state index in [2.05, 4.69) is 27.4 Å². The third-order valence-corrected chi connectivity index (χ3v) is 5.14. The Morgan fingerprint density at radius 2 is 2.03 bits per heavy atom. The summed E-state index contributed by atoms with van der Waals surface area (Å²) in [7, 11) is 0. The van der Waals surface area contributed by atoms with E-state index < -0.39 is 6.10 Å². The molecule has 1 fully saturated rings. The zero-order valence-electron chi connectivity index (χ0n) is 18.0. The molecule has 0 aliphatic carbocycles. The van der Waals surface area contributed by atoms with E-state index in [-0.39, 0.29) is 30.6 Å². The summed E-state index contributed by atoms with van der Waals surface area (Å²) in [6, 6.07) is 10.7. The number of ether oxygens (including phenoxy) is 1. The van der Waals surface area contributed by atoms with Crippen LogP contribution >= 0.6 is 24.0 Å². The van der Waals surface area contributed by atoms with E-state index in [4.69, 9.17) is 4.74 Å². The second-order valence-electron chi connectivity index (χ2n) is 7.39. The molecular formula is C22H39IN4O2. The number of guanidine groups is 1. The van der Waals surface area contributed by atoms with E-state index in [0.29, 0.717) is 13.2 Å². The van der Waals surface area contributed by atoms with Crippen LogP contribution in [-0.4, -0.2) is 67.4 Å². The second kappa shape index (κ2) is 15.9. The zero-order valence-corrected chi connectivity index (χ0v) is 20.3. The predicted molar refractivity (Wildman–Crippen MR) is 131 cm³/mol. The minimum atomic E-state index is -0.606. The summed E-state index contributed by atoms with van der Waals surface area (Å²) >= 11 is 0. The highest BCUT2D eigenvalue weighted by molar-refractivity contribution is 14.0. The Balaban J connectivity index is 0.00000420. The number of piperidine rings is 1. The molecule has 2 atom stereocenters. The molecule has 3 N–H and O–H groups in total. The van der Waals surface area contributed by atoms with Crippen molar-refractivity contribution in [2.45, 2.75) is 58.3 Å². The first kappa shape index (κ1) is 26.1. The molecule has 0 bridgehead atoms. The van der Waals surface area contributed by atoms with Gasteiger partial charge in [0.05, 0.1) is 25.9 Å². The summed E-state index contributed by atoms with van der Waals surface area (Å²) in [5, 5.41) is 16.8. The molecule has 0 aromatic heterocycles. The summed E-state index contributed by atoms with van der Waals surface area (Å²) in [6.45, 7) is 9.34. The fraction of sp³-hybridized carbons (Fsp3) is 0.682. The molecular weight excluding hydrogens is 479 g/mol. The molecule has 1 saturated heterocycles. The van der Waals surface area contributed by atoms with Gasteiger partial charge in [0, 0.05) is 25.7 Å². The van der Waals surface area contributed by atoms with Crippen molar-refractivity contribution in [3.05, 3.63) is 35.9 Å². The van der Waals surface area contributed by atoms with Crippen LogP contribution in [0.5, 0.6) is 0 Å². The molecule has 2 unspecified atom stereocenters. The van der Waals surface area contributed by atoms with Crippen LogP contribution in [0, 0.1) is 0 Å². The highest BCUT2D eigenvalue weighted by Crippen LogP contribution is 2.18. The largest absolute Gasteiger partial charge is 0.389 e. The minimum Gasteiger partial charge on any atom is -0.389 e. The quantitative estimate of drug-likeness (QED) is 0.239. The summed E-state index contributed by atoms with van der Waals surface area (Å²) in [5.74, 6) is 0.759. The summed E-state index contributed by atoms with van der Waals surface area (Å²) in [4.78, 5) is 7.10. The molecule has 6 nitrogen and oxygen atoms in total. The number of nitrogens with zero attached hydrogens (tertiary/aromatic N) is 2. The van der Waals surface area contributed by atoms with Crippen LogP contribution in [0.25, 0.3) is 0 Å². The third kappa shape index (κ3) is 10.6. The van der Waals surface area contributed by atoms with Gasteiger partial charge in [-0.15, -0.1) is 24.0 Å². The first-order valence-electron chi connectivity index (χ1n) is 10.8. The molecule has 7 heteroatoms. The van der Waals surface area contributed by atoms with Crippen molar-refractivity contribution in [2.24, 2.45) is 4.99 Å². The lowest BCUT2D eigenvalue weighted by Crippen LogP contribution is -2.46.